The number of carboxylic acid groups (broad SMARTS) is 1. The number of aliphatic carboxylic acids is 1. The third-order valence-electron chi connectivity index (χ3n) is 2.76. The monoisotopic (exact) mass is 406 g/mol. The molecule has 2 aromatic rings. The molecule has 0 aliphatic heterocycles. The van der Waals surface area contributed by atoms with Gasteiger partial charge in [-0.15, -0.1) is 0 Å². The Labute approximate surface area is 141 Å². The quantitative estimate of drug-likeness (QED) is 0.701. The van der Waals surface area contributed by atoms with Gasteiger partial charge in [0, 0.05) is 9.86 Å². The van der Waals surface area contributed by atoms with Crippen molar-refractivity contribution in [3.63, 3.8) is 0 Å². The highest BCUT2D eigenvalue weighted by molar-refractivity contribution is 9.10. The van der Waals surface area contributed by atoms with Gasteiger partial charge in [-0.2, -0.15) is 13.2 Å². The second-order valence-corrected chi connectivity index (χ2v) is 5.49. The molecule has 2 rings (SSSR count). The largest absolute Gasteiger partial charge is 0.480 e. The Hall–Kier alpha value is -2.43. The van der Waals surface area contributed by atoms with E-state index in [1.165, 1.54) is 18.2 Å². The minimum Gasteiger partial charge on any atom is -0.480 e. The normalized spacial score (nSPS) is 11.3. The molecule has 128 valence electrons. The van der Waals surface area contributed by atoms with Crippen LogP contribution in [0.4, 0.5) is 19.0 Å². The van der Waals surface area contributed by atoms with Crippen molar-refractivity contribution in [2.24, 2.45) is 0 Å². The molecule has 0 aliphatic carbocycles. The van der Waals surface area contributed by atoms with Crippen molar-refractivity contribution in [1.29, 1.82) is 0 Å². The predicted molar refractivity (Wildman–Crippen MR) is 81.4 cm³/mol. The topological polar surface area (TPSA) is 104 Å². The van der Waals surface area contributed by atoms with E-state index >= 15 is 0 Å². The fourth-order valence-electron chi connectivity index (χ4n) is 1.76. The first-order chi connectivity index (χ1) is 11.2. The first-order valence-electron chi connectivity index (χ1n) is 6.43. The summed E-state index contributed by atoms with van der Waals surface area (Å²) in [5.74, 6) is -3.46. The van der Waals surface area contributed by atoms with Crippen LogP contribution in [0.1, 0.15) is 5.82 Å². The maximum atomic E-state index is 12.9. The minimum absolute atomic E-state index is 0.0500. The van der Waals surface area contributed by atoms with Crippen molar-refractivity contribution in [1.82, 2.24) is 15.3 Å². The molecule has 0 aliphatic rings. The van der Waals surface area contributed by atoms with Gasteiger partial charge in [-0.3, -0.25) is 9.59 Å². The molecule has 7 nitrogen and oxygen atoms in total. The highest BCUT2D eigenvalue weighted by atomic mass is 79.9. The van der Waals surface area contributed by atoms with Crippen LogP contribution in [-0.2, 0) is 15.8 Å². The fourth-order valence-corrected chi connectivity index (χ4v) is 2.12. The van der Waals surface area contributed by atoms with Crippen LogP contribution in [0.5, 0.6) is 0 Å². The van der Waals surface area contributed by atoms with E-state index in [9.17, 15) is 22.8 Å². The molecule has 0 saturated carbocycles. The molecule has 0 bridgehead atoms. The number of hydrogen-bond donors (Lipinski definition) is 3. The summed E-state index contributed by atoms with van der Waals surface area (Å²) in [5, 5.41) is 13.3. The van der Waals surface area contributed by atoms with Crippen LogP contribution in [0, 0.1) is 0 Å². The molecule has 0 unspecified atom stereocenters. The number of alkyl halides is 3. The summed E-state index contributed by atoms with van der Waals surface area (Å²) in [5.41, 5.74) is 0.0500. The van der Waals surface area contributed by atoms with Gasteiger partial charge < -0.3 is 15.7 Å². The molecule has 0 spiro atoms. The zero-order valence-corrected chi connectivity index (χ0v) is 13.4. The molecule has 1 aromatic heterocycles. The van der Waals surface area contributed by atoms with Crippen LogP contribution in [0.2, 0.25) is 0 Å². The summed E-state index contributed by atoms with van der Waals surface area (Å²) in [7, 11) is 0. The lowest BCUT2D eigenvalue weighted by Gasteiger charge is -2.12. The van der Waals surface area contributed by atoms with Gasteiger partial charge in [-0.25, -0.2) is 9.97 Å². The zero-order chi connectivity index (χ0) is 17.9. The number of aromatic nitrogens is 2. The van der Waals surface area contributed by atoms with Crippen LogP contribution >= 0.6 is 15.9 Å². The highest BCUT2D eigenvalue weighted by Gasteiger charge is 2.35. The molecule has 0 radical (unpaired) electrons. The molecule has 11 heteroatoms. The Bertz CT molecular complexity index is 798. The van der Waals surface area contributed by atoms with Crippen LogP contribution in [-0.4, -0.2) is 40.0 Å². The Morgan fingerprint density at radius 3 is 2.54 bits per heavy atom. The number of benzene rings is 1. The van der Waals surface area contributed by atoms with Crippen LogP contribution in [0.15, 0.2) is 22.7 Å². The smallest absolute Gasteiger partial charge is 0.451 e. The van der Waals surface area contributed by atoms with Gasteiger partial charge in [0.1, 0.15) is 12.4 Å². The van der Waals surface area contributed by atoms with Gasteiger partial charge >= 0.3 is 12.1 Å². The number of amides is 1. The zero-order valence-electron chi connectivity index (χ0n) is 11.8. The van der Waals surface area contributed by atoms with Crippen molar-refractivity contribution in [3.05, 3.63) is 28.5 Å². The second kappa shape index (κ2) is 6.99. The van der Waals surface area contributed by atoms with Gasteiger partial charge in [-0.1, -0.05) is 15.9 Å². The van der Waals surface area contributed by atoms with E-state index in [4.69, 9.17) is 5.11 Å². The molecule has 0 saturated heterocycles. The Morgan fingerprint density at radius 1 is 1.21 bits per heavy atom. The number of hydrogen-bond acceptors (Lipinski definition) is 5. The number of fused-ring (bicyclic) bond motifs is 1. The van der Waals surface area contributed by atoms with Crippen molar-refractivity contribution < 1.29 is 27.9 Å². The predicted octanol–water partition coefficient (Wildman–Crippen LogP) is 2.02. The Balaban J connectivity index is 2.31. The maximum absolute atomic E-state index is 12.9. The Kier molecular flexibility index (Phi) is 5.22. The third-order valence-corrected chi connectivity index (χ3v) is 3.26. The van der Waals surface area contributed by atoms with Gasteiger partial charge in [0.2, 0.25) is 11.7 Å². The molecule has 1 aromatic carbocycles. The maximum Gasteiger partial charge on any atom is 0.451 e. The molecule has 0 atom stereocenters. The molecular formula is C13H10BrF3N4O3. The Morgan fingerprint density at radius 2 is 1.92 bits per heavy atom. The van der Waals surface area contributed by atoms with Gasteiger partial charge in [0.25, 0.3) is 0 Å². The summed E-state index contributed by atoms with van der Waals surface area (Å²) >= 11 is 3.20. The number of carboxylic acids is 1. The number of carbonyl (C=O) groups is 2. The number of nitrogens with one attached hydrogen (secondary N) is 2. The average molecular weight is 407 g/mol. The molecule has 1 amide bonds. The summed E-state index contributed by atoms with van der Waals surface area (Å²) in [6, 6.07) is 4.41. The van der Waals surface area contributed by atoms with Gasteiger partial charge in [-0.05, 0) is 18.2 Å². The summed E-state index contributed by atoms with van der Waals surface area (Å²) in [4.78, 5) is 28.7. The number of rotatable bonds is 5. The van der Waals surface area contributed by atoms with Crippen LogP contribution in [0.3, 0.4) is 0 Å². The van der Waals surface area contributed by atoms with Crippen LogP contribution in [0.25, 0.3) is 10.9 Å². The van der Waals surface area contributed by atoms with Crippen molar-refractivity contribution in [2.45, 2.75) is 6.18 Å². The fraction of sp³-hybridized carbons (Fsp3) is 0.231. The second-order valence-electron chi connectivity index (χ2n) is 4.58. The van der Waals surface area contributed by atoms with Gasteiger partial charge in [0.05, 0.1) is 12.1 Å². The van der Waals surface area contributed by atoms with E-state index in [2.05, 4.69) is 36.5 Å². The van der Waals surface area contributed by atoms with E-state index < -0.39 is 37.0 Å². The molecule has 24 heavy (non-hydrogen) atoms. The number of carbonyl (C=O) groups excluding carboxylic acids is 1. The average Bonchev–Trinajstić information content (AvgIpc) is 2.49. The van der Waals surface area contributed by atoms with Crippen molar-refractivity contribution in [2.75, 3.05) is 18.4 Å². The molecular weight excluding hydrogens is 397 g/mol. The lowest BCUT2D eigenvalue weighted by atomic mass is 10.2. The van der Waals surface area contributed by atoms with E-state index in [1.807, 2.05) is 0 Å². The van der Waals surface area contributed by atoms with Crippen molar-refractivity contribution in [3.8, 4) is 0 Å². The lowest BCUT2D eigenvalue weighted by Crippen LogP contribution is -2.34. The summed E-state index contributed by atoms with van der Waals surface area (Å²) in [6.45, 7) is -1.03. The molecule has 0 fully saturated rings. The first kappa shape index (κ1) is 17.9. The van der Waals surface area contributed by atoms with Gasteiger partial charge in [0.15, 0.2) is 0 Å². The minimum atomic E-state index is -4.75. The lowest BCUT2D eigenvalue weighted by molar-refractivity contribution is -0.144. The van der Waals surface area contributed by atoms with E-state index in [-0.39, 0.29) is 16.7 Å². The molecule has 3 N–H and O–H groups in total. The van der Waals surface area contributed by atoms with E-state index in [1.54, 1.807) is 0 Å². The number of anilines is 1. The standard InChI is InChI=1S/C13H10BrF3N4O3/c14-6-1-2-8-7(3-6)11(21-12(20-8)13(15,16)17)19-4-9(22)18-5-10(23)24/h1-3H,4-5H2,(H,18,22)(H,23,24)(H,19,20,21). The first-order valence-corrected chi connectivity index (χ1v) is 7.23. The van der Waals surface area contributed by atoms with Crippen LogP contribution < -0.4 is 10.6 Å². The number of nitrogens with zero attached hydrogens (tertiary/aromatic N) is 2. The number of halogens is 4. The summed E-state index contributed by atoms with van der Waals surface area (Å²) in [6.07, 6.45) is -4.75. The highest BCUT2D eigenvalue weighted by Crippen LogP contribution is 2.31. The third kappa shape index (κ3) is 4.54. The molecule has 1 heterocycles. The summed E-state index contributed by atoms with van der Waals surface area (Å²) < 4.78 is 39.2. The van der Waals surface area contributed by atoms with E-state index in [0.717, 1.165) is 0 Å². The van der Waals surface area contributed by atoms with Crippen molar-refractivity contribution >= 4 is 44.5 Å². The SMILES string of the molecule is O=C(O)CNC(=O)CNc1nc(C(F)(F)F)nc2ccc(Br)cc12. The van der Waals surface area contributed by atoms with E-state index in [0.29, 0.717) is 4.47 Å².